The van der Waals surface area contributed by atoms with E-state index in [0.717, 1.165) is 31.0 Å². The second-order valence-electron chi connectivity index (χ2n) is 4.90. The number of hydrogen-bond acceptors (Lipinski definition) is 5. The van der Waals surface area contributed by atoms with Gasteiger partial charge in [0.15, 0.2) is 0 Å². The van der Waals surface area contributed by atoms with Gasteiger partial charge in [-0.1, -0.05) is 0 Å². The minimum Gasteiger partial charge on any atom is -0.388 e. The van der Waals surface area contributed by atoms with Crippen LogP contribution in [-0.2, 0) is 6.67 Å². The highest BCUT2D eigenvalue weighted by Gasteiger charge is 2.15. The molecule has 0 amide bonds. The van der Waals surface area contributed by atoms with Gasteiger partial charge in [-0.15, -0.1) is 5.10 Å². The van der Waals surface area contributed by atoms with Crippen molar-refractivity contribution in [2.45, 2.75) is 13.1 Å². The number of benzene rings is 1. The molecular formula is C14H16FN3O2S. The maximum Gasteiger partial charge on any atom is 0.438 e. The summed E-state index contributed by atoms with van der Waals surface area (Å²) in [6.07, 6.45) is 1.11. The van der Waals surface area contributed by atoms with E-state index in [1.54, 1.807) is 12.1 Å². The summed E-state index contributed by atoms with van der Waals surface area (Å²) < 4.78 is 19.4. The molecule has 0 N–H and O–H groups in total. The highest BCUT2D eigenvalue weighted by molar-refractivity contribution is 7.99. The molecule has 0 unspecified atom stereocenters. The third-order valence-electron chi connectivity index (χ3n) is 3.35. The molecule has 3 rings (SSSR count). The van der Waals surface area contributed by atoms with Crippen molar-refractivity contribution < 1.29 is 8.81 Å². The molecule has 1 saturated heterocycles. The van der Waals surface area contributed by atoms with Crippen LogP contribution in [0.2, 0.25) is 0 Å². The molecule has 5 nitrogen and oxygen atoms in total. The fourth-order valence-electron chi connectivity index (χ4n) is 2.23. The maximum atomic E-state index is 12.9. The second-order valence-corrected chi connectivity index (χ2v) is 6.13. The molecule has 21 heavy (non-hydrogen) atoms. The number of nitrogens with zero attached hydrogens (tertiary/aromatic N) is 3. The van der Waals surface area contributed by atoms with Gasteiger partial charge in [0, 0.05) is 24.4 Å². The Labute approximate surface area is 125 Å². The van der Waals surface area contributed by atoms with E-state index in [4.69, 9.17) is 4.42 Å². The molecule has 1 aliphatic heterocycles. The van der Waals surface area contributed by atoms with Crippen LogP contribution in [-0.4, -0.2) is 39.3 Å². The highest BCUT2D eigenvalue weighted by Crippen LogP contribution is 2.16. The normalized spacial score (nSPS) is 16.8. The van der Waals surface area contributed by atoms with Crippen LogP contribution >= 0.6 is 11.8 Å². The third kappa shape index (κ3) is 3.54. The van der Waals surface area contributed by atoms with Crippen molar-refractivity contribution in [1.29, 1.82) is 0 Å². The van der Waals surface area contributed by atoms with E-state index in [1.807, 2.05) is 11.8 Å². The summed E-state index contributed by atoms with van der Waals surface area (Å²) in [5, 5.41) is 4.20. The van der Waals surface area contributed by atoms with Gasteiger partial charge in [-0.2, -0.15) is 16.4 Å². The fraction of sp³-hybridized carbons (Fsp3) is 0.429. The van der Waals surface area contributed by atoms with E-state index in [1.165, 1.54) is 16.8 Å². The minimum atomic E-state index is -0.480. The topological polar surface area (TPSA) is 51.3 Å². The van der Waals surface area contributed by atoms with Gasteiger partial charge < -0.3 is 4.42 Å². The molecule has 7 heteroatoms. The summed E-state index contributed by atoms with van der Waals surface area (Å²) in [7, 11) is 0. The summed E-state index contributed by atoms with van der Waals surface area (Å²) in [5.74, 6) is 1.64. The molecule has 0 atom stereocenters. The van der Waals surface area contributed by atoms with Crippen LogP contribution < -0.4 is 5.76 Å². The lowest BCUT2D eigenvalue weighted by molar-refractivity contribution is 0.215. The smallest absolute Gasteiger partial charge is 0.388 e. The number of hydrogen-bond donors (Lipinski definition) is 0. The van der Waals surface area contributed by atoms with Crippen LogP contribution in [0.5, 0.6) is 0 Å². The van der Waals surface area contributed by atoms with Crippen LogP contribution in [0, 0.1) is 5.82 Å². The Morgan fingerprint density at radius 2 is 2.05 bits per heavy atom. The Bertz CT molecular complexity index is 645. The van der Waals surface area contributed by atoms with Gasteiger partial charge in [-0.05, 0) is 36.4 Å². The molecule has 1 aliphatic rings. The van der Waals surface area contributed by atoms with E-state index < -0.39 is 5.76 Å². The summed E-state index contributed by atoms with van der Waals surface area (Å²) in [6.45, 7) is 2.33. The van der Waals surface area contributed by atoms with Crippen molar-refractivity contribution in [2.75, 3.05) is 24.6 Å². The van der Waals surface area contributed by atoms with Crippen LogP contribution in [0.15, 0.2) is 33.5 Å². The van der Waals surface area contributed by atoms with E-state index in [2.05, 4.69) is 10.00 Å². The number of halogens is 1. The maximum absolute atomic E-state index is 12.9. The van der Waals surface area contributed by atoms with Gasteiger partial charge in [-0.25, -0.2) is 9.18 Å². The molecule has 1 fully saturated rings. The van der Waals surface area contributed by atoms with Crippen molar-refractivity contribution in [3.05, 3.63) is 40.6 Å². The van der Waals surface area contributed by atoms with E-state index in [0.29, 0.717) is 12.2 Å². The average molecular weight is 309 g/mol. The Hall–Kier alpha value is -1.60. The summed E-state index contributed by atoms with van der Waals surface area (Å²) in [4.78, 5) is 14.1. The van der Waals surface area contributed by atoms with Crippen molar-refractivity contribution in [3.8, 4) is 11.5 Å². The first-order chi connectivity index (χ1) is 10.2. The zero-order valence-corrected chi connectivity index (χ0v) is 12.3. The van der Waals surface area contributed by atoms with Crippen LogP contribution in [0.1, 0.15) is 6.42 Å². The Balaban J connectivity index is 1.77. The lowest BCUT2D eigenvalue weighted by Gasteiger charge is -2.17. The molecule has 0 saturated carbocycles. The molecule has 112 valence electrons. The van der Waals surface area contributed by atoms with E-state index >= 15 is 0 Å². The zero-order chi connectivity index (χ0) is 14.7. The monoisotopic (exact) mass is 309 g/mol. The van der Waals surface area contributed by atoms with E-state index in [-0.39, 0.29) is 11.7 Å². The van der Waals surface area contributed by atoms with Crippen molar-refractivity contribution >= 4 is 11.8 Å². The predicted molar refractivity (Wildman–Crippen MR) is 79.7 cm³/mol. The first kappa shape index (κ1) is 14.3. The summed E-state index contributed by atoms with van der Waals surface area (Å²) in [6, 6.07) is 5.74. The highest BCUT2D eigenvalue weighted by atomic mass is 32.2. The molecule has 1 aromatic heterocycles. The Morgan fingerprint density at radius 1 is 1.24 bits per heavy atom. The molecule has 0 aliphatic carbocycles. The number of thioether (sulfide) groups is 1. The quantitative estimate of drug-likeness (QED) is 0.868. The summed E-state index contributed by atoms with van der Waals surface area (Å²) >= 11 is 1.93. The molecule has 0 spiro atoms. The predicted octanol–water partition coefficient (Wildman–Crippen LogP) is 2.04. The van der Waals surface area contributed by atoms with Crippen LogP contribution in [0.25, 0.3) is 11.5 Å². The van der Waals surface area contributed by atoms with Gasteiger partial charge >= 0.3 is 5.76 Å². The van der Waals surface area contributed by atoms with Gasteiger partial charge in [-0.3, -0.25) is 4.90 Å². The molecule has 2 heterocycles. The number of rotatable bonds is 3. The second kappa shape index (κ2) is 6.44. The zero-order valence-electron chi connectivity index (χ0n) is 11.5. The first-order valence-corrected chi connectivity index (χ1v) is 8.02. The van der Waals surface area contributed by atoms with Gasteiger partial charge in [0.2, 0.25) is 5.89 Å². The molecule has 0 bridgehead atoms. The van der Waals surface area contributed by atoms with E-state index in [9.17, 15) is 9.18 Å². The Morgan fingerprint density at radius 3 is 2.86 bits per heavy atom. The van der Waals surface area contributed by atoms with Gasteiger partial charge in [0.1, 0.15) is 12.5 Å². The first-order valence-electron chi connectivity index (χ1n) is 6.86. The SMILES string of the molecule is O=c1oc(-c2ccc(F)cc2)nn1CN1CCCSCC1. The van der Waals surface area contributed by atoms with Crippen LogP contribution in [0.4, 0.5) is 4.39 Å². The molecule has 1 aromatic carbocycles. The van der Waals surface area contributed by atoms with Crippen molar-refractivity contribution in [2.24, 2.45) is 0 Å². The minimum absolute atomic E-state index is 0.226. The largest absolute Gasteiger partial charge is 0.438 e. The summed E-state index contributed by atoms with van der Waals surface area (Å²) in [5.41, 5.74) is 0.596. The third-order valence-corrected chi connectivity index (χ3v) is 4.39. The Kier molecular flexibility index (Phi) is 4.40. The number of aromatic nitrogens is 2. The van der Waals surface area contributed by atoms with Crippen LogP contribution in [0.3, 0.4) is 0 Å². The average Bonchev–Trinajstić information content (AvgIpc) is 2.69. The molecule has 2 aromatic rings. The standard InChI is InChI=1S/C14H16FN3O2S/c15-12-4-2-11(3-5-12)13-16-18(14(19)20-13)10-17-6-1-8-21-9-7-17/h2-5H,1,6-10H2. The van der Waals surface area contributed by atoms with Gasteiger partial charge in [0.25, 0.3) is 0 Å². The van der Waals surface area contributed by atoms with Crippen molar-refractivity contribution in [1.82, 2.24) is 14.7 Å². The lowest BCUT2D eigenvalue weighted by Crippen LogP contribution is -2.32. The lowest BCUT2D eigenvalue weighted by atomic mass is 10.2. The molecule has 0 radical (unpaired) electrons. The van der Waals surface area contributed by atoms with Gasteiger partial charge in [0.05, 0.1) is 0 Å². The molecular weight excluding hydrogens is 293 g/mol. The van der Waals surface area contributed by atoms with Crippen molar-refractivity contribution in [3.63, 3.8) is 0 Å². The fourth-order valence-corrected chi connectivity index (χ4v) is 3.16.